The van der Waals surface area contributed by atoms with Crippen LogP contribution in [-0.2, 0) is 0 Å². The van der Waals surface area contributed by atoms with Crippen molar-refractivity contribution in [1.29, 1.82) is 0 Å². The van der Waals surface area contributed by atoms with E-state index in [0.29, 0.717) is 6.17 Å². The second kappa shape index (κ2) is 18.0. The first-order chi connectivity index (χ1) is 14.3. The van der Waals surface area contributed by atoms with Gasteiger partial charge in [-0.05, 0) is 39.0 Å². The average Bonchev–Trinajstić information content (AvgIpc) is 3.13. The largest absolute Gasteiger partial charge is 0.390 e. The molecule has 0 amide bonds. The first-order valence-electron chi connectivity index (χ1n) is 12.8. The van der Waals surface area contributed by atoms with Crippen LogP contribution >= 0.6 is 0 Å². The van der Waals surface area contributed by atoms with Gasteiger partial charge < -0.3 is 10.4 Å². The molecule has 0 saturated heterocycles. The molecule has 0 saturated carbocycles. The molecule has 0 aliphatic carbocycles. The normalized spacial score (nSPS) is 21.3. The molecule has 0 bridgehead atoms. The van der Waals surface area contributed by atoms with Crippen LogP contribution in [-0.4, -0.2) is 35.5 Å². The van der Waals surface area contributed by atoms with E-state index in [1.165, 1.54) is 103 Å². The zero-order valence-corrected chi connectivity index (χ0v) is 19.7. The topological polar surface area (TPSA) is 32.3 Å². The second-order valence-corrected chi connectivity index (χ2v) is 8.94. The van der Waals surface area contributed by atoms with Gasteiger partial charge in [0.1, 0.15) is 12.7 Å². The van der Waals surface area contributed by atoms with Crippen LogP contribution in [0.15, 0.2) is 24.6 Å². The van der Waals surface area contributed by atoms with Crippen LogP contribution in [0.4, 0.5) is 0 Å². The highest BCUT2D eigenvalue weighted by Gasteiger charge is 2.35. The summed E-state index contributed by atoms with van der Waals surface area (Å²) < 4.78 is 0.907. The van der Waals surface area contributed by atoms with E-state index >= 15 is 0 Å². The summed E-state index contributed by atoms with van der Waals surface area (Å²) in [5.74, 6) is 0. The van der Waals surface area contributed by atoms with Gasteiger partial charge in [-0.3, -0.25) is 4.48 Å². The highest BCUT2D eigenvalue weighted by molar-refractivity contribution is 4.84. The SMILES string of the molecule is CCCCCCC/C=C/CCCCCCCCCCC1NC=C[N+]1(CC)CCO. The Bertz CT molecular complexity index is 421. The summed E-state index contributed by atoms with van der Waals surface area (Å²) in [6.07, 6.45) is 31.4. The van der Waals surface area contributed by atoms with Crippen molar-refractivity contribution in [2.24, 2.45) is 0 Å². The molecule has 1 heterocycles. The fraction of sp³-hybridized carbons (Fsp3) is 0.846. The molecule has 3 heteroatoms. The van der Waals surface area contributed by atoms with E-state index < -0.39 is 0 Å². The third kappa shape index (κ3) is 11.8. The van der Waals surface area contributed by atoms with Crippen molar-refractivity contribution >= 4 is 0 Å². The van der Waals surface area contributed by atoms with Crippen molar-refractivity contribution in [2.75, 3.05) is 19.7 Å². The summed E-state index contributed by atoms with van der Waals surface area (Å²) in [6, 6.07) is 0. The third-order valence-electron chi connectivity index (χ3n) is 6.63. The molecule has 29 heavy (non-hydrogen) atoms. The Labute approximate surface area is 182 Å². The van der Waals surface area contributed by atoms with Crippen molar-refractivity contribution in [2.45, 2.75) is 123 Å². The van der Waals surface area contributed by atoms with Gasteiger partial charge in [-0.15, -0.1) is 0 Å². The van der Waals surface area contributed by atoms with E-state index in [9.17, 15) is 5.11 Å². The molecule has 0 aromatic rings. The molecule has 1 rings (SSSR count). The number of nitrogens with zero attached hydrogens (tertiary/aromatic N) is 1. The number of rotatable bonds is 20. The zero-order chi connectivity index (χ0) is 21.0. The van der Waals surface area contributed by atoms with E-state index in [1.54, 1.807) is 0 Å². The Morgan fingerprint density at radius 3 is 1.90 bits per heavy atom. The van der Waals surface area contributed by atoms with Crippen LogP contribution in [0.3, 0.4) is 0 Å². The molecular formula is C26H51N2O+. The summed E-state index contributed by atoms with van der Waals surface area (Å²) in [7, 11) is 0. The van der Waals surface area contributed by atoms with Crippen molar-refractivity contribution in [1.82, 2.24) is 5.32 Å². The molecule has 0 fully saturated rings. The van der Waals surface area contributed by atoms with Crippen LogP contribution in [0.2, 0.25) is 0 Å². The van der Waals surface area contributed by atoms with E-state index in [2.05, 4.69) is 43.7 Å². The van der Waals surface area contributed by atoms with Crippen molar-refractivity contribution in [3.05, 3.63) is 24.6 Å². The Morgan fingerprint density at radius 2 is 1.34 bits per heavy atom. The fourth-order valence-corrected chi connectivity index (χ4v) is 4.56. The summed E-state index contributed by atoms with van der Waals surface area (Å²) in [4.78, 5) is 0. The summed E-state index contributed by atoms with van der Waals surface area (Å²) in [6.45, 7) is 6.67. The van der Waals surface area contributed by atoms with E-state index in [0.717, 1.165) is 17.6 Å². The van der Waals surface area contributed by atoms with E-state index in [-0.39, 0.29) is 6.61 Å². The maximum Gasteiger partial charge on any atom is 0.166 e. The van der Waals surface area contributed by atoms with Crippen LogP contribution in [0.25, 0.3) is 0 Å². The summed E-state index contributed by atoms with van der Waals surface area (Å²) in [5.41, 5.74) is 0. The minimum atomic E-state index is 0.269. The van der Waals surface area contributed by atoms with Gasteiger partial charge in [0.05, 0.1) is 19.4 Å². The summed E-state index contributed by atoms with van der Waals surface area (Å²) in [5, 5.41) is 12.9. The standard InChI is InChI=1S/C26H51N2O/c1-3-5-6-7-8-9-10-11-12-13-14-15-16-17-18-19-20-21-26-27-22-23-28(26,4-2)24-25-29/h10-11,22-23,26-27,29H,3-9,12-21,24-25H2,1-2H3/q+1/b11-10+. The lowest BCUT2D eigenvalue weighted by atomic mass is 10.0. The number of hydrogen-bond acceptors (Lipinski definition) is 2. The number of likely N-dealkylation sites (N-methyl/N-ethyl adjacent to an activating group) is 1. The average molecular weight is 408 g/mol. The molecular weight excluding hydrogens is 356 g/mol. The minimum absolute atomic E-state index is 0.269. The monoisotopic (exact) mass is 407 g/mol. The summed E-state index contributed by atoms with van der Waals surface area (Å²) >= 11 is 0. The molecule has 3 nitrogen and oxygen atoms in total. The van der Waals surface area contributed by atoms with Crippen LogP contribution in [0.1, 0.15) is 117 Å². The minimum Gasteiger partial charge on any atom is -0.390 e. The first-order valence-corrected chi connectivity index (χ1v) is 12.8. The maximum atomic E-state index is 9.38. The van der Waals surface area contributed by atoms with Gasteiger partial charge in [0, 0.05) is 6.42 Å². The number of unbranched alkanes of at least 4 members (excludes halogenated alkanes) is 13. The van der Waals surface area contributed by atoms with Gasteiger partial charge in [0.25, 0.3) is 0 Å². The van der Waals surface area contributed by atoms with Gasteiger partial charge in [0.2, 0.25) is 0 Å². The number of nitrogens with one attached hydrogen (secondary N) is 1. The lowest BCUT2D eigenvalue weighted by Gasteiger charge is -2.36. The Kier molecular flexibility index (Phi) is 16.3. The zero-order valence-electron chi connectivity index (χ0n) is 19.7. The highest BCUT2D eigenvalue weighted by Crippen LogP contribution is 2.23. The van der Waals surface area contributed by atoms with Gasteiger partial charge in [-0.1, -0.05) is 83.3 Å². The highest BCUT2D eigenvalue weighted by atomic mass is 16.3. The van der Waals surface area contributed by atoms with Crippen LogP contribution in [0, 0.1) is 0 Å². The molecule has 2 N–H and O–H groups in total. The smallest absolute Gasteiger partial charge is 0.166 e. The molecule has 0 spiro atoms. The maximum absolute atomic E-state index is 9.38. The Morgan fingerprint density at radius 1 is 0.793 bits per heavy atom. The number of allylic oxidation sites excluding steroid dienone is 2. The number of quaternary nitrogens is 1. The van der Waals surface area contributed by atoms with Gasteiger partial charge in [-0.2, -0.15) is 0 Å². The quantitative estimate of drug-likeness (QED) is 0.129. The predicted molar refractivity (Wildman–Crippen MR) is 128 cm³/mol. The molecule has 0 aromatic heterocycles. The second-order valence-electron chi connectivity index (χ2n) is 8.94. The van der Waals surface area contributed by atoms with Crippen LogP contribution in [0.5, 0.6) is 0 Å². The molecule has 0 radical (unpaired) electrons. The lowest BCUT2D eigenvalue weighted by Crippen LogP contribution is -2.54. The molecule has 1 aliphatic rings. The Hall–Kier alpha value is -0.800. The van der Waals surface area contributed by atoms with E-state index in [4.69, 9.17) is 0 Å². The number of aliphatic hydroxyl groups excluding tert-OH is 1. The Balaban J connectivity index is 1.87. The number of aliphatic hydroxyl groups is 1. The van der Waals surface area contributed by atoms with Gasteiger partial charge in [-0.25, -0.2) is 0 Å². The molecule has 2 unspecified atom stereocenters. The fourth-order valence-electron chi connectivity index (χ4n) is 4.56. The van der Waals surface area contributed by atoms with Gasteiger partial charge in [0.15, 0.2) is 6.17 Å². The molecule has 1 aliphatic heterocycles. The van der Waals surface area contributed by atoms with Crippen molar-refractivity contribution in [3.8, 4) is 0 Å². The molecule has 0 aromatic carbocycles. The third-order valence-corrected chi connectivity index (χ3v) is 6.63. The number of hydrogen-bond donors (Lipinski definition) is 2. The molecule has 2 atom stereocenters. The van der Waals surface area contributed by atoms with E-state index in [1.807, 2.05) is 0 Å². The lowest BCUT2D eigenvalue weighted by molar-refractivity contribution is -0.900. The van der Waals surface area contributed by atoms with Gasteiger partial charge >= 0.3 is 0 Å². The van der Waals surface area contributed by atoms with Crippen molar-refractivity contribution < 1.29 is 9.59 Å². The first kappa shape index (κ1) is 26.2. The predicted octanol–water partition coefficient (Wildman–Crippen LogP) is 7.03. The van der Waals surface area contributed by atoms with Crippen LogP contribution < -0.4 is 5.32 Å². The molecule has 170 valence electrons. The van der Waals surface area contributed by atoms with Crippen molar-refractivity contribution in [3.63, 3.8) is 0 Å².